The van der Waals surface area contributed by atoms with Crippen LogP contribution in [0.5, 0.6) is 0 Å². The molecule has 5 heteroatoms. The smallest absolute Gasteiger partial charge is 0.286 e. The summed E-state index contributed by atoms with van der Waals surface area (Å²) in [5, 5.41) is 0. The average Bonchev–Trinajstić information content (AvgIpc) is 3.32. The molecule has 7 atom stereocenters. The molecule has 0 aromatic carbocycles. The van der Waals surface area contributed by atoms with Crippen LogP contribution in [0.25, 0.3) is 0 Å². The summed E-state index contributed by atoms with van der Waals surface area (Å²) in [5.74, 6) is 0.958. The van der Waals surface area contributed by atoms with Crippen molar-refractivity contribution in [2.24, 2.45) is 22.7 Å². The first-order chi connectivity index (χ1) is 12.1. The summed E-state index contributed by atoms with van der Waals surface area (Å²) in [5.41, 5.74) is -0.396. The van der Waals surface area contributed by atoms with E-state index in [0.717, 1.165) is 12.8 Å². The van der Waals surface area contributed by atoms with Gasteiger partial charge in [0.2, 0.25) is 0 Å². The van der Waals surface area contributed by atoms with Gasteiger partial charge in [-0.25, -0.2) is 0 Å². The molecule has 0 bridgehead atoms. The molecule has 3 fully saturated rings. The van der Waals surface area contributed by atoms with Crippen molar-refractivity contribution in [1.82, 2.24) is 0 Å². The second-order valence-electron chi connectivity index (χ2n) is 10.0. The van der Waals surface area contributed by atoms with Crippen molar-refractivity contribution in [1.29, 1.82) is 0 Å². The first-order valence-electron chi connectivity index (χ1n) is 9.91. The molecule has 2 saturated carbocycles. The van der Waals surface area contributed by atoms with E-state index < -0.39 is 11.0 Å². The van der Waals surface area contributed by atoms with Crippen LogP contribution in [-0.4, -0.2) is 35.5 Å². The summed E-state index contributed by atoms with van der Waals surface area (Å²) in [6.45, 7) is 10.6. The number of Topliss-reactive ketones (excluding diaryl/α,β-unsaturated/α-hetero) is 2. The third-order valence-corrected chi connectivity index (χ3v) is 8.12. The molecular formula is C21H28O5. The van der Waals surface area contributed by atoms with Crippen molar-refractivity contribution in [2.45, 2.75) is 84.2 Å². The van der Waals surface area contributed by atoms with E-state index in [0.29, 0.717) is 24.4 Å². The minimum Gasteiger partial charge on any atom is -0.462 e. The van der Waals surface area contributed by atoms with Gasteiger partial charge in [-0.3, -0.25) is 9.59 Å². The summed E-state index contributed by atoms with van der Waals surface area (Å²) in [6, 6.07) is 0. The molecule has 3 aliphatic heterocycles. The quantitative estimate of drug-likeness (QED) is 0.621. The number of ketones is 2. The Hall–Kier alpha value is -1.36. The van der Waals surface area contributed by atoms with Gasteiger partial charge in [0.25, 0.3) is 5.95 Å². The molecule has 0 radical (unpaired) electrons. The van der Waals surface area contributed by atoms with Gasteiger partial charge in [-0.05, 0) is 44.4 Å². The lowest BCUT2D eigenvalue weighted by atomic mass is 9.44. The van der Waals surface area contributed by atoms with Crippen LogP contribution in [-0.2, 0) is 23.8 Å². The molecular weight excluding hydrogens is 332 g/mol. The van der Waals surface area contributed by atoms with Crippen LogP contribution in [0.3, 0.4) is 0 Å². The highest BCUT2D eigenvalue weighted by molar-refractivity contribution is 5.97. The number of fused-ring (bicyclic) bond motifs is 4. The molecule has 0 aromatic heterocycles. The zero-order valence-corrected chi connectivity index (χ0v) is 16.3. The van der Waals surface area contributed by atoms with Gasteiger partial charge in [-0.1, -0.05) is 20.8 Å². The topological polar surface area (TPSA) is 65.1 Å². The highest BCUT2D eigenvalue weighted by Crippen LogP contribution is 2.67. The fraction of sp³-hybridized carbons (Fsp3) is 0.810. The van der Waals surface area contributed by atoms with Crippen LogP contribution in [0.1, 0.15) is 60.3 Å². The van der Waals surface area contributed by atoms with Crippen molar-refractivity contribution in [3.63, 3.8) is 0 Å². The summed E-state index contributed by atoms with van der Waals surface area (Å²) >= 11 is 0. The molecule has 5 nitrogen and oxygen atoms in total. The molecule has 1 saturated heterocycles. The standard InChI is InChI=1S/C21H28O5/c1-10-8-12(22)11-9-14-20(4,26-18(11)24-10)7-6-13-19(2,3)17-15(25-17)16(23)21(13,14)5/h10,13-15,17H,6-9H2,1-5H3/t10-,13-,14-,15-,17-,20-,21-/m1/s1. The monoisotopic (exact) mass is 360 g/mol. The Labute approximate surface area is 154 Å². The van der Waals surface area contributed by atoms with E-state index in [1.165, 1.54) is 0 Å². The fourth-order valence-corrected chi connectivity index (χ4v) is 6.69. The van der Waals surface area contributed by atoms with Crippen molar-refractivity contribution in [2.75, 3.05) is 0 Å². The number of carbonyl (C=O) groups excluding carboxylic acids is 2. The van der Waals surface area contributed by atoms with Crippen molar-refractivity contribution < 1.29 is 23.8 Å². The Bertz CT molecular complexity index is 752. The third kappa shape index (κ3) is 1.85. The second-order valence-corrected chi connectivity index (χ2v) is 10.0. The van der Waals surface area contributed by atoms with Gasteiger partial charge in [0.05, 0.1) is 11.7 Å². The third-order valence-electron chi connectivity index (χ3n) is 8.12. The van der Waals surface area contributed by atoms with Gasteiger partial charge < -0.3 is 14.2 Å². The summed E-state index contributed by atoms with van der Waals surface area (Å²) in [6.07, 6.45) is 2.39. The minimum atomic E-state index is -0.532. The molecule has 0 amide bonds. The van der Waals surface area contributed by atoms with Crippen LogP contribution < -0.4 is 0 Å². The van der Waals surface area contributed by atoms with E-state index in [4.69, 9.17) is 14.2 Å². The van der Waals surface area contributed by atoms with E-state index in [2.05, 4.69) is 27.7 Å². The Balaban J connectivity index is 1.60. The van der Waals surface area contributed by atoms with Crippen LogP contribution in [0.15, 0.2) is 11.5 Å². The summed E-state index contributed by atoms with van der Waals surface area (Å²) in [7, 11) is 0. The fourth-order valence-electron chi connectivity index (χ4n) is 6.69. The van der Waals surface area contributed by atoms with Gasteiger partial charge in [-0.15, -0.1) is 0 Å². The van der Waals surface area contributed by atoms with E-state index in [-0.39, 0.29) is 47.1 Å². The lowest BCUT2D eigenvalue weighted by molar-refractivity contribution is -0.207. The SMILES string of the molecule is C[C@@H]1CC(=O)C2=C(O1)O[C@]1(C)CC[C@@H]3C(C)(C)[C@@H]4O[C@@H]4C(=O)[C@@]3(C)[C@@H]1C2. The van der Waals surface area contributed by atoms with E-state index in [9.17, 15) is 9.59 Å². The number of carbonyl (C=O) groups is 2. The second kappa shape index (κ2) is 4.73. The molecule has 3 heterocycles. The number of ether oxygens (including phenoxy) is 3. The van der Waals surface area contributed by atoms with Gasteiger partial charge in [0.1, 0.15) is 17.8 Å². The van der Waals surface area contributed by atoms with Crippen molar-refractivity contribution in [3.8, 4) is 0 Å². The van der Waals surface area contributed by atoms with E-state index >= 15 is 0 Å². The molecule has 5 aliphatic rings. The van der Waals surface area contributed by atoms with Crippen molar-refractivity contribution in [3.05, 3.63) is 11.5 Å². The largest absolute Gasteiger partial charge is 0.462 e. The average molecular weight is 360 g/mol. The van der Waals surface area contributed by atoms with Crippen LogP contribution >= 0.6 is 0 Å². The van der Waals surface area contributed by atoms with Crippen molar-refractivity contribution >= 4 is 11.6 Å². The number of epoxide rings is 1. The van der Waals surface area contributed by atoms with Crippen LogP contribution in [0.4, 0.5) is 0 Å². The van der Waals surface area contributed by atoms with Gasteiger partial charge >= 0.3 is 0 Å². The van der Waals surface area contributed by atoms with Crippen LogP contribution in [0, 0.1) is 22.7 Å². The maximum Gasteiger partial charge on any atom is 0.286 e. The maximum absolute atomic E-state index is 13.4. The molecule has 0 N–H and O–H groups in total. The predicted molar refractivity (Wildman–Crippen MR) is 93.1 cm³/mol. The first-order valence-corrected chi connectivity index (χ1v) is 9.91. The Morgan fingerprint density at radius 3 is 2.50 bits per heavy atom. The lowest BCUT2D eigenvalue weighted by Crippen LogP contribution is -2.65. The molecule has 0 unspecified atom stereocenters. The zero-order chi connectivity index (χ0) is 18.6. The molecule has 5 rings (SSSR count). The number of hydrogen-bond acceptors (Lipinski definition) is 5. The van der Waals surface area contributed by atoms with E-state index in [1.54, 1.807) is 0 Å². The summed E-state index contributed by atoms with van der Waals surface area (Å²) in [4.78, 5) is 26.0. The Kier molecular flexibility index (Phi) is 3.05. The molecule has 2 aliphatic carbocycles. The minimum absolute atomic E-state index is 0.0228. The molecule has 0 aromatic rings. The number of allylic oxidation sites excluding steroid dienone is 1. The molecule has 0 spiro atoms. The highest BCUT2D eigenvalue weighted by Gasteiger charge is 2.74. The first kappa shape index (κ1) is 16.8. The molecule has 142 valence electrons. The number of rotatable bonds is 0. The number of hydrogen-bond donors (Lipinski definition) is 0. The predicted octanol–water partition coefficient (Wildman–Crippen LogP) is 3.16. The Morgan fingerprint density at radius 2 is 1.77 bits per heavy atom. The van der Waals surface area contributed by atoms with Gasteiger partial charge in [-0.2, -0.15) is 0 Å². The lowest BCUT2D eigenvalue weighted by Gasteiger charge is -2.61. The molecule has 26 heavy (non-hydrogen) atoms. The maximum atomic E-state index is 13.4. The normalized spacial score (nSPS) is 51.3. The van der Waals surface area contributed by atoms with Gasteiger partial charge in [0.15, 0.2) is 11.6 Å². The Morgan fingerprint density at radius 1 is 1.04 bits per heavy atom. The van der Waals surface area contributed by atoms with Gasteiger partial charge in [0, 0.05) is 17.8 Å². The zero-order valence-electron chi connectivity index (χ0n) is 16.3. The summed E-state index contributed by atoms with van der Waals surface area (Å²) < 4.78 is 18.0. The van der Waals surface area contributed by atoms with Crippen LogP contribution in [0.2, 0.25) is 0 Å². The highest BCUT2D eigenvalue weighted by atomic mass is 16.7. The van der Waals surface area contributed by atoms with E-state index in [1.807, 2.05) is 6.92 Å².